The van der Waals surface area contributed by atoms with E-state index in [-0.39, 0.29) is 33.5 Å². The second-order valence-corrected chi connectivity index (χ2v) is 9.81. The van der Waals surface area contributed by atoms with Gasteiger partial charge in [-0.25, -0.2) is 9.78 Å². The van der Waals surface area contributed by atoms with Gasteiger partial charge in [-0.2, -0.15) is 0 Å². The minimum Gasteiger partial charge on any atom is -0.507 e. The van der Waals surface area contributed by atoms with E-state index in [4.69, 9.17) is 18.9 Å². The Morgan fingerprint density at radius 1 is 1.20 bits per heavy atom. The second-order valence-electron chi connectivity index (χ2n) is 8.83. The van der Waals surface area contributed by atoms with E-state index >= 15 is 0 Å². The maximum Gasteiger partial charge on any atom is 0.350 e. The number of carbonyl (C=O) groups is 3. The van der Waals surface area contributed by atoms with Crippen molar-refractivity contribution in [2.24, 2.45) is 0 Å². The van der Waals surface area contributed by atoms with E-state index in [9.17, 15) is 19.5 Å². The number of amides is 1. The SMILES string of the molecule is C=CCOC(=O)c1sc(N2C(=O)C(=O)C(=C(O)c3ccc4c(c3)OCCO4)[C@@H]2c2cccc(OCC)c2)nc1C. The Morgan fingerprint density at radius 2 is 1.98 bits per heavy atom. The van der Waals surface area contributed by atoms with Crippen molar-refractivity contribution in [1.29, 1.82) is 0 Å². The molecule has 1 atom stereocenters. The van der Waals surface area contributed by atoms with Gasteiger partial charge in [0.05, 0.1) is 23.9 Å². The minimum atomic E-state index is -1.06. The molecule has 2 aliphatic heterocycles. The number of rotatable bonds is 8. The smallest absolute Gasteiger partial charge is 0.350 e. The first kappa shape index (κ1) is 26.9. The number of esters is 1. The second kappa shape index (κ2) is 11.2. The van der Waals surface area contributed by atoms with Gasteiger partial charge in [-0.15, -0.1) is 0 Å². The molecule has 0 radical (unpaired) electrons. The molecule has 3 aromatic rings. The van der Waals surface area contributed by atoms with Gasteiger partial charge in [0.2, 0.25) is 0 Å². The summed E-state index contributed by atoms with van der Waals surface area (Å²) in [5, 5.41) is 11.6. The molecule has 0 bridgehead atoms. The summed E-state index contributed by atoms with van der Waals surface area (Å²) >= 11 is 0.923. The standard InChI is InChI=1S/C29H26N2O8S/c1-4-11-39-28(35)26-16(3)30-29(40-26)31-23(17-7-6-8-19(14-17)36-5-2)22(25(33)27(31)34)24(32)18-9-10-20-21(15-18)38-13-12-37-20/h4,6-10,14-15,23,32H,1,5,11-13H2,2-3H3/t23-/m0/s1. The van der Waals surface area contributed by atoms with Crippen molar-refractivity contribution in [3.8, 4) is 17.2 Å². The molecule has 0 saturated carbocycles. The number of anilines is 1. The molecule has 2 aromatic carbocycles. The number of benzene rings is 2. The van der Waals surface area contributed by atoms with Gasteiger partial charge in [0, 0.05) is 5.56 Å². The normalized spacial score (nSPS) is 17.6. The van der Waals surface area contributed by atoms with Crippen LogP contribution >= 0.6 is 11.3 Å². The summed E-state index contributed by atoms with van der Waals surface area (Å²) in [6.07, 6.45) is 1.44. The number of carbonyl (C=O) groups excluding carboxylic acids is 3. The topological polar surface area (TPSA) is 124 Å². The number of hydrogen-bond donors (Lipinski definition) is 1. The molecule has 3 heterocycles. The molecule has 0 unspecified atom stereocenters. The van der Waals surface area contributed by atoms with Gasteiger partial charge in [-0.05, 0) is 49.7 Å². The molecule has 1 fully saturated rings. The Morgan fingerprint density at radius 3 is 2.73 bits per heavy atom. The van der Waals surface area contributed by atoms with Crippen molar-refractivity contribution in [2.75, 3.05) is 31.3 Å². The highest BCUT2D eigenvalue weighted by Crippen LogP contribution is 2.45. The Balaban J connectivity index is 1.66. The van der Waals surface area contributed by atoms with Crippen molar-refractivity contribution in [3.05, 3.63) is 82.4 Å². The van der Waals surface area contributed by atoms with Crippen LogP contribution < -0.4 is 19.1 Å². The Hall–Kier alpha value is -4.64. The average Bonchev–Trinajstić information content (AvgIpc) is 3.47. The van der Waals surface area contributed by atoms with Gasteiger partial charge >= 0.3 is 11.9 Å². The summed E-state index contributed by atoms with van der Waals surface area (Å²) in [6, 6.07) is 10.6. The van der Waals surface area contributed by atoms with Crippen LogP contribution in [-0.4, -0.2) is 54.2 Å². The zero-order chi connectivity index (χ0) is 28.4. The average molecular weight is 563 g/mol. The molecule has 1 aromatic heterocycles. The van der Waals surface area contributed by atoms with Crippen LogP contribution in [0.4, 0.5) is 5.13 Å². The van der Waals surface area contributed by atoms with Crippen molar-refractivity contribution >= 4 is 39.9 Å². The molecule has 206 valence electrons. The van der Waals surface area contributed by atoms with Crippen LogP contribution in [0.25, 0.3) is 5.76 Å². The van der Waals surface area contributed by atoms with Gasteiger partial charge in [0.25, 0.3) is 5.78 Å². The van der Waals surface area contributed by atoms with Crippen LogP contribution in [0.15, 0.2) is 60.7 Å². The van der Waals surface area contributed by atoms with Crippen molar-refractivity contribution in [2.45, 2.75) is 19.9 Å². The quantitative estimate of drug-likeness (QED) is 0.138. The van der Waals surface area contributed by atoms with Crippen LogP contribution in [-0.2, 0) is 14.3 Å². The zero-order valence-corrected chi connectivity index (χ0v) is 22.7. The van der Waals surface area contributed by atoms with E-state index in [1.165, 1.54) is 11.0 Å². The van der Waals surface area contributed by atoms with Crippen LogP contribution in [0, 0.1) is 6.92 Å². The number of Topliss-reactive ketones (excluding diaryl/α,β-unsaturated/α-hetero) is 1. The summed E-state index contributed by atoms with van der Waals surface area (Å²) in [6.45, 7) is 8.14. The lowest BCUT2D eigenvalue weighted by molar-refractivity contribution is -0.132. The first-order valence-corrected chi connectivity index (χ1v) is 13.3. The Kier molecular flexibility index (Phi) is 7.56. The highest BCUT2D eigenvalue weighted by molar-refractivity contribution is 7.17. The highest BCUT2D eigenvalue weighted by Gasteiger charge is 2.48. The van der Waals surface area contributed by atoms with Gasteiger partial charge in [-0.3, -0.25) is 14.5 Å². The first-order valence-electron chi connectivity index (χ1n) is 12.5. The van der Waals surface area contributed by atoms with Gasteiger partial charge in [-0.1, -0.05) is 36.1 Å². The number of ketones is 1. The van der Waals surface area contributed by atoms with E-state index in [1.807, 2.05) is 6.92 Å². The fraction of sp³-hybridized carbons (Fsp3) is 0.241. The molecule has 0 spiro atoms. The van der Waals surface area contributed by atoms with E-state index in [2.05, 4.69) is 11.6 Å². The molecular weight excluding hydrogens is 536 g/mol. The molecule has 2 aliphatic rings. The maximum absolute atomic E-state index is 13.5. The zero-order valence-electron chi connectivity index (χ0n) is 21.8. The molecule has 0 aliphatic carbocycles. The van der Waals surface area contributed by atoms with E-state index < -0.39 is 23.7 Å². The molecule has 40 heavy (non-hydrogen) atoms. The number of aliphatic hydroxyl groups excluding tert-OH is 1. The number of aryl methyl sites for hydroxylation is 1. The lowest BCUT2D eigenvalue weighted by atomic mass is 9.95. The number of hydrogen-bond acceptors (Lipinski definition) is 10. The van der Waals surface area contributed by atoms with Crippen molar-refractivity contribution in [1.82, 2.24) is 4.98 Å². The molecule has 1 N–H and O–H groups in total. The molecular formula is C29H26N2O8S. The Bertz CT molecular complexity index is 1540. The van der Waals surface area contributed by atoms with Crippen molar-refractivity contribution < 1.29 is 38.4 Å². The molecule has 5 rings (SSSR count). The number of thiazole rings is 1. The lowest BCUT2D eigenvalue weighted by Crippen LogP contribution is -2.29. The van der Waals surface area contributed by atoms with Crippen LogP contribution in [0.3, 0.4) is 0 Å². The fourth-order valence-corrected chi connectivity index (χ4v) is 5.49. The maximum atomic E-state index is 13.5. The number of nitrogens with zero attached hydrogens (tertiary/aromatic N) is 2. The van der Waals surface area contributed by atoms with E-state index in [0.717, 1.165) is 11.3 Å². The van der Waals surface area contributed by atoms with Crippen LogP contribution in [0.2, 0.25) is 0 Å². The van der Waals surface area contributed by atoms with Crippen LogP contribution in [0.1, 0.15) is 39.5 Å². The Labute approximate surface area is 234 Å². The molecule has 10 nitrogen and oxygen atoms in total. The number of ether oxygens (including phenoxy) is 4. The summed E-state index contributed by atoms with van der Waals surface area (Å²) in [4.78, 5) is 45.5. The fourth-order valence-electron chi connectivity index (χ4n) is 4.51. The number of aliphatic hydroxyl groups is 1. The van der Waals surface area contributed by atoms with E-state index in [1.54, 1.807) is 49.4 Å². The molecule has 1 saturated heterocycles. The van der Waals surface area contributed by atoms with Gasteiger partial charge < -0.3 is 24.1 Å². The predicted octanol–water partition coefficient (Wildman–Crippen LogP) is 4.59. The van der Waals surface area contributed by atoms with Gasteiger partial charge in [0.15, 0.2) is 16.6 Å². The predicted molar refractivity (Wildman–Crippen MR) is 147 cm³/mol. The number of fused-ring (bicyclic) bond motifs is 1. The van der Waals surface area contributed by atoms with Crippen LogP contribution in [0.5, 0.6) is 17.2 Å². The highest BCUT2D eigenvalue weighted by atomic mass is 32.1. The largest absolute Gasteiger partial charge is 0.507 e. The molecule has 11 heteroatoms. The summed E-state index contributed by atoms with van der Waals surface area (Å²) in [7, 11) is 0. The summed E-state index contributed by atoms with van der Waals surface area (Å²) in [5.41, 5.74) is 0.980. The third-order valence-corrected chi connectivity index (χ3v) is 7.39. The summed E-state index contributed by atoms with van der Waals surface area (Å²) in [5.74, 6) is -1.36. The van der Waals surface area contributed by atoms with Gasteiger partial charge in [0.1, 0.15) is 36.2 Å². The monoisotopic (exact) mass is 562 g/mol. The minimum absolute atomic E-state index is 0.00970. The summed E-state index contributed by atoms with van der Waals surface area (Å²) < 4.78 is 22.0. The first-order chi connectivity index (χ1) is 19.3. The third-order valence-electron chi connectivity index (χ3n) is 6.25. The van der Waals surface area contributed by atoms with E-state index in [0.29, 0.717) is 48.3 Å². The lowest BCUT2D eigenvalue weighted by Gasteiger charge is -2.23. The molecule has 1 amide bonds. The number of aromatic nitrogens is 1. The third kappa shape index (κ3) is 4.91. The van der Waals surface area contributed by atoms with Crippen molar-refractivity contribution in [3.63, 3.8) is 0 Å².